The summed E-state index contributed by atoms with van der Waals surface area (Å²) in [6, 6.07) is 17.9. The Hall–Kier alpha value is -2.62. The fraction of sp³-hybridized carbons (Fsp3) is 0.391. The van der Waals surface area contributed by atoms with Crippen LogP contribution in [0, 0.1) is 5.41 Å². The number of carbonyl (C=O) groups is 2. The molecule has 1 aliphatic heterocycles. The van der Waals surface area contributed by atoms with Crippen molar-refractivity contribution in [3.05, 3.63) is 65.7 Å². The van der Waals surface area contributed by atoms with E-state index in [-0.39, 0.29) is 11.8 Å². The first-order chi connectivity index (χ1) is 12.9. The number of benzene rings is 2. The number of nitrogens with zero attached hydrogens (tertiary/aromatic N) is 2. The molecule has 0 saturated carbocycles. The van der Waals surface area contributed by atoms with Crippen LogP contribution in [0.2, 0.25) is 0 Å². The zero-order valence-corrected chi connectivity index (χ0v) is 16.4. The quantitative estimate of drug-likeness (QED) is 0.751. The second-order valence-electron chi connectivity index (χ2n) is 7.62. The minimum absolute atomic E-state index is 0.119. The number of hydrogen-bond acceptors (Lipinski definition) is 2. The van der Waals surface area contributed by atoms with Crippen molar-refractivity contribution >= 4 is 17.5 Å². The van der Waals surface area contributed by atoms with Crippen molar-refractivity contribution in [3.63, 3.8) is 0 Å². The van der Waals surface area contributed by atoms with Crippen molar-refractivity contribution < 1.29 is 9.59 Å². The van der Waals surface area contributed by atoms with Crippen molar-refractivity contribution in [2.24, 2.45) is 5.41 Å². The van der Waals surface area contributed by atoms with Gasteiger partial charge in [0.1, 0.15) is 5.41 Å². The van der Waals surface area contributed by atoms with E-state index in [2.05, 4.69) is 6.07 Å². The average molecular weight is 364 g/mol. The number of amides is 2. The van der Waals surface area contributed by atoms with Gasteiger partial charge in [-0.2, -0.15) is 0 Å². The number of rotatable bonds is 5. The molecule has 0 aliphatic carbocycles. The first kappa shape index (κ1) is 19.2. The highest BCUT2D eigenvalue weighted by molar-refractivity contribution is 6.11. The Balaban J connectivity index is 1.82. The first-order valence-electron chi connectivity index (χ1n) is 9.68. The van der Waals surface area contributed by atoms with Gasteiger partial charge in [-0.15, -0.1) is 0 Å². The molecule has 27 heavy (non-hydrogen) atoms. The fourth-order valence-corrected chi connectivity index (χ4v) is 3.70. The van der Waals surface area contributed by atoms with Crippen LogP contribution in [0.4, 0.5) is 5.69 Å². The molecule has 4 nitrogen and oxygen atoms in total. The van der Waals surface area contributed by atoms with Gasteiger partial charge >= 0.3 is 0 Å². The molecule has 0 radical (unpaired) electrons. The summed E-state index contributed by atoms with van der Waals surface area (Å²) in [6.45, 7) is 7.21. The fourth-order valence-electron chi connectivity index (χ4n) is 3.70. The molecule has 0 bridgehead atoms. The predicted molar refractivity (Wildman–Crippen MR) is 108 cm³/mol. The summed E-state index contributed by atoms with van der Waals surface area (Å²) in [7, 11) is 0. The Morgan fingerprint density at radius 2 is 1.70 bits per heavy atom. The van der Waals surface area contributed by atoms with Crippen molar-refractivity contribution in [1.29, 1.82) is 0 Å². The molecule has 0 saturated heterocycles. The van der Waals surface area contributed by atoms with Crippen LogP contribution in [-0.2, 0) is 22.6 Å². The van der Waals surface area contributed by atoms with Crippen LogP contribution >= 0.6 is 0 Å². The lowest BCUT2D eigenvalue weighted by molar-refractivity contribution is -0.147. The van der Waals surface area contributed by atoms with Gasteiger partial charge < -0.3 is 9.80 Å². The van der Waals surface area contributed by atoms with Gasteiger partial charge in [-0.3, -0.25) is 9.59 Å². The van der Waals surface area contributed by atoms with Gasteiger partial charge in [-0.25, -0.2) is 0 Å². The second-order valence-corrected chi connectivity index (χ2v) is 7.62. The lowest BCUT2D eigenvalue weighted by atomic mass is 9.87. The van der Waals surface area contributed by atoms with Crippen LogP contribution in [0.15, 0.2) is 54.6 Å². The van der Waals surface area contributed by atoms with E-state index in [4.69, 9.17) is 0 Å². The molecular weight excluding hydrogens is 336 g/mol. The maximum atomic E-state index is 13.4. The van der Waals surface area contributed by atoms with Crippen LogP contribution in [0.25, 0.3) is 0 Å². The number of aryl methyl sites for hydroxylation is 1. The highest BCUT2D eigenvalue weighted by Gasteiger charge is 2.42. The van der Waals surface area contributed by atoms with Crippen molar-refractivity contribution in [1.82, 2.24) is 4.90 Å². The minimum atomic E-state index is -1.10. The molecule has 2 aromatic rings. The molecule has 0 unspecified atom stereocenters. The minimum Gasteiger partial charge on any atom is -0.338 e. The molecule has 0 atom stereocenters. The molecule has 0 fully saturated rings. The van der Waals surface area contributed by atoms with Crippen LogP contribution in [0.5, 0.6) is 0 Å². The summed E-state index contributed by atoms with van der Waals surface area (Å²) < 4.78 is 0. The second kappa shape index (κ2) is 7.95. The topological polar surface area (TPSA) is 40.6 Å². The SMILES string of the molecule is CCN(Cc1ccccc1)C(=O)C(C)(C)C(=O)N1CCCc2ccccc21. The van der Waals surface area contributed by atoms with Gasteiger partial charge in [0.2, 0.25) is 11.8 Å². The van der Waals surface area contributed by atoms with E-state index in [0.29, 0.717) is 19.6 Å². The molecule has 3 rings (SSSR count). The molecule has 1 aliphatic rings. The number of para-hydroxylation sites is 1. The third-order valence-electron chi connectivity index (χ3n) is 5.31. The monoisotopic (exact) mass is 364 g/mol. The molecule has 0 N–H and O–H groups in total. The van der Waals surface area contributed by atoms with Gasteiger partial charge in [0.25, 0.3) is 0 Å². The smallest absolute Gasteiger partial charge is 0.242 e. The van der Waals surface area contributed by atoms with Crippen molar-refractivity contribution in [2.75, 3.05) is 18.0 Å². The summed E-state index contributed by atoms with van der Waals surface area (Å²) in [5, 5.41) is 0. The van der Waals surface area contributed by atoms with Gasteiger partial charge in [-0.1, -0.05) is 48.5 Å². The molecule has 2 amide bonds. The van der Waals surface area contributed by atoms with E-state index < -0.39 is 5.41 Å². The van der Waals surface area contributed by atoms with Crippen LogP contribution in [0.3, 0.4) is 0 Å². The van der Waals surface area contributed by atoms with Crippen molar-refractivity contribution in [3.8, 4) is 0 Å². The van der Waals surface area contributed by atoms with Crippen molar-refractivity contribution in [2.45, 2.75) is 40.2 Å². The maximum Gasteiger partial charge on any atom is 0.242 e. The lowest BCUT2D eigenvalue weighted by Gasteiger charge is -2.37. The van der Waals surface area contributed by atoms with Gasteiger partial charge in [-0.05, 0) is 50.8 Å². The number of fused-ring (bicyclic) bond motifs is 1. The predicted octanol–water partition coefficient (Wildman–Crippen LogP) is 4.04. The summed E-state index contributed by atoms with van der Waals surface area (Å²) in [6.07, 6.45) is 1.90. The highest BCUT2D eigenvalue weighted by atomic mass is 16.2. The molecule has 0 spiro atoms. The van der Waals surface area contributed by atoms with Gasteiger partial charge in [0, 0.05) is 25.3 Å². The molecular formula is C23H28N2O2. The Morgan fingerprint density at radius 1 is 1.04 bits per heavy atom. The van der Waals surface area contributed by atoms with E-state index >= 15 is 0 Å². The van der Waals surface area contributed by atoms with E-state index in [0.717, 1.165) is 24.1 Å². The van der Waals surface area contributed by atoms with Crippen LogP contribution in [-0.4, -0.2) is 29.8 Å². The van der Waals surface area contributed by atoms with Gasteiger partial charge in [0.15, 0.2) is 0 Å². The lowest BCUT2D eigenvalue weighted by Crippen LogP contribution is -2.52. The van der Waals surface area contributed by atoms with E-state index in [9.17, 15) is 9.59 Å². The average Bonchev–Trinajstić information content (AvgIpc) is 2.71. The first-order valence-corrected chi connectivity index (χ1v) is 9.68. The molecule has 1 heterocycles. The van der Waals surface area contributed by atoms with E-state index in [1.807, 2.05) is 55.5 Å². The zero-order chi connectivity index (χ0) is 19.4. The normalized spacial score (nSPS) is 13.8. The third kappa shape index (κ3) is 3.90. The summed E-state index contributed by atoms with van der Waals surface area (Å²) in [5.41, 5.74) is 2.09. The third-order valence-corrected chi connectivity index (χ3v) is 5.31. The number of anilines is 1. The molecule has 142 valence electrons. The Morgan fingerprint density at radius 3 is 2.41 bits per heavy atom. The standard InChI is InChI=1S/C23H28N2O2/c1-4-24(17-18-11-6-5-7-12-18)21(26)23(2,3)22(27)25-16-10-14-19-13-8-9-15-20(19)25/h5-9,11-13,15H,4,10,14,16-17H2,1-3H3. The number of carbonyl (C=O) groups excluding carboxylic acids is 2. The molecule has 2 aromatic carbocycles. The summed E-state index contributed by atoms with van der Waals surface area (Å²) in [4.78, 5) is 30.2. The zero-order valence-electron chi connectivity index (χ0n) is 16.4. The largest absolute Gasteiger partial charge is 0.338 e. The van der Waals surface area contributed by atoms with Gasteiger partial charge in [0.05, 0.1) is 0 Å². The maximum absolute atomic E-state index is 13.4. The van der Waals surface area contributed by atoms with Crippen LogP contribution < -0.4 is 4.90 Å². The summed E-state index contributed by atoms with van der Waals surface area (Å²) in [5.74, 6) is -0.243. The van der Waals surface area contributed by atoms with Crippen LogP contribution in [0.1, 0.15) is 38.3 Å². The highest BCUT2D eigenvalue weighted by Crippen LogP contribution is 2.32. The van der Waals surface area contributed by atoms with E-state index in [1.165, 1.54) is 5.56 Å². The van der Waals surface area contributed by atoms with E-state index in [1.54, 1.807) is 23.6 Å². The number of hydrogen-bond donors (Lipinski definition) is 0. The Kier molecular flexibility index (Phi) is 5.64. The Bertz CT molecular complexity index is 814. The molecule has 4 heteroatoms. The summed E-state index contributed by atoms with van der Waals surface area (Å²) >= 11 is 0. The molecule has 0 aromatic heterocycles. The Labute approximate surface area is 161 Å².